The molecule has 4 nitrogen and oxygen atoms in total. The second-order valence-corrected chi connectivity index (χ2v) is 5.81. The normalized spacial score (nSPS) is 11.3. The van der Waals surface area contributed by atoms with E-state index in [1.807, 2.05) is 6.07 Å². The summed E-state index contributed by atoms with van der Waals surface area (Å²) in [6.07, 6.45) is 4.15. The molecule has 0 radical (unpaired) electrons. The fourth-order valence-electron chi connectivity index (χ4n) is 1.68. The Hall–Kier alpha value is -1.58. The van der Waals surface area contributed by atoms with E-state index in [0.29, 0.717) is 12.2 Å². The van der Waals surface area contributed by atoms with Gasteiger partial charge in [-0.2, -0.15) is 0 Å². The molecule has 0 atom stereocenters. The highest BCUT2D eigenvalue weighted by Gasteiger charge is 2.14. The lowest BCUT2D eigenvalue weighted by Gasteiger charge is -2.20. The summed E-state index contributed by atoms with van der Waals surface area (Å²) in [5.41, 5.74) is 6.58. The molecule has 100 valence electrons. The zero-order valence-corrected chi connectivity index (χ0v) is 11.7. The third kappa shape index (κ3) is 4.73. The first-order chi connectivity index (χ1) is 8.29. The number of aromatic nitrogens is 1. The van der Waals surface area contributed by atoms with Crippen molar-refractivity contribution >= 4 is 17.4 Å². The molecule has 1 aromatic heterocycles. The summed E-state index contributed by atoms with van der Waals surface area (Å²) in [5, 5.41) is 0. The number of hydrogen-bond donors (Lipinski definition) is 1. The molecule has 1 amide bonds. The Labute approximate surface area is 109 Å². The van der Waals surface area contributed by atoms with E-state index >= 15 is 0 Å². The van der Waals surface area contributed by atoms with E-state index in [0.717, 1.165) is 18.5 Å². The minimum atomic E-state index is 0.117. The number of pyridine rings is 1. The molecule has 1 heterocycles. The zero-order valence-electron chi connectivity index (χ0n) is 11.7. The van der Waals surface area contributed by atoms with Crippen LogP contribution in [0.5, 0.6) is 0 Å². The maximum absolute atomic E-state index is 12.0. The van der Waals surface area contributed by atoms with Gasteiger partial charge in [0.15, 0.2) is 0 Å². The van der Waals surface area contributed by atoms with Gasteiger partial charge in [-0.25, -0.2) is 4.98 Å². The lowest BCUT2D eigenvalue weighted by molar-refractivity contribution is -0.118. The summed E-state index contributed by atoms with van der Waals surface area (Å²) in [5.74, 6) is 0.582. The van der Waals surface area contributed by atoms with Gasteiger partial charge in [0.2, 0.25) is 5.91 Å². The van der Waals surface area contributed by atoms with Crippen LogP contribution in [-0.2, 0) is 4.79 Å². The molecule has 0 fully saturated rings. The van der Waals surface area contributed by atoms with Gasteiger partial charge in [0.1, 0.15) is 5.82 Å². The van der Waals surface area contributed by atoms with Crippen LogP contribution in [-0.4, -0.2) is 17.9 Å². The first-order valence-electron chi connectivity index (χ1n) is 6.28. The van der Waals surface area contributed by atoms with Gasteiger partial charge in [-0.15, -0.1) is 0 Å². The van der Waals surface area contributed by atoms with E-state index in [-0.39, 0.29) is 11.3 Å². The van der Waals surface area contributed by atoms with Gasteiger partial charge >= 0.3 is 0 Å². The first kappa shape index (κ1) is 14.5. The van der Waals surface area contributed by atoms with Crippen LogP contribution < -0.4 is 10.6 Å². The van der Waals surface area contributed by atoms with Crippen molar-refractivity contribution in [3.8, 4) is 0 Å². The maximum Gasteiger partial charge on any atom is 0.226 e. The topological polar surface area (TPSA) is 59.2 Å². The molecule has 1 rings (SSSR count). The number of nitrogens with zero attached hydrogens (tertiary/aromatic N) is 2. The lowest BCUT2D eigenvalue weighted by atomic mass is 9.90. The maximum atomic E-state index is 12.0. The molecule has 2 N–H and O–H groups in total. The van der Waals surface area contributed by atoms with Gasteiger partial charge in [-0.3, -0.25) is 4.79 Å². The summed E-state index contributed by atoms with van der Waals surface area (Å²) in [7, 11) is 1.77. The number of anilines is 2. The van der Waals surface area contributed by atoms with Crippen molar-refractivity contribution in [1.29, 1.82) is 0 Å². The molecule has 0 bridgehead atoms. The number of nitrogens with two attached hydrogens (primary N) is 1. The average molecular weight is 249 g/mol. The molecule has 4 heteroatoms. The number of rotatable bonds is 4. The predicted octanol–water partition coefficient (Wildman–Crippen LogP) is 2.84. The molecule has 0 saturated heterocycles. The lowest BCUT2D eigenvalue weighted by Crippen LogP contribution is -2.26. The third-order valence-corrected chi connectivity index (χ3v) is 2.85. The Bertz CT molecular complexity index is 392. The molecule has 0 aliphatic rings. The third-order valence-electron chi connectivity index (χ3n) is 2.85. The second-order valence-electron chi connectivity index (χ2n) is 5.81. The average Bonchev–Trinajstić information content (AvgIpc) is 2.27. The van der Waals surface area contributed by atoms with Crippen molar-refractivity contribution in [3.05, 3.63) is 18.3 Å². The molecule has 0 aromatic carbocycles. The molecule has 0 unspecified atom stereocenters. The zero-order chi connectivity index (χ0) is 13.8. The molecule has 0 spiro atoms. The van der Waals surface area contributed by atoms with Crippen LogP contribution >= 0.6 is 0 Å². The Morgan fingerprint density at radius 3 is 2.56 bits per heavy atom. The highest BCUT2D eigenvalue weighted by atomic mass is 16.2. The Morgan fingerprint density at radius 2 is 2.06 bits per heavy atom. The molecule has 0 aliphatic carbocycles. The molecule has 18 heavy (non-hydrogen) atoms. The van der Waals surface area contributed by atoms with E-state index in [1.165, 1.54) is 0 Å². The summed E-state index contributed by atoms with van der Waals surface area (Å²) in [4.78, 5) is 17.6. The number of nitrogen functional groups attached to an aromatic ring is 1. The minimum absolute atomic E-state index is 0.117. The number of carbonyl (C=O) groups is 1. The standard InChI is InChI=1S/C14H23N3O/c1-14(2,3)9-5-6-13(18)17(4)11-7-8-12(15)16-10-11/h7-8,10H,5-6,9H2,1-4H3,(H2,15,16). The van der Waals surface area contributed by atoms with Crippen LogP contribution in [0, 0.1) is 5.41 Å². The smallest absolute Gasteiger partial charge is 0.226 e. The molecule has 0 saturated carbocycles. The molecular weight excluding hydrogens is 226 g/mol. The van der Waals surface area contributed by atoms with E-state index in [4.69, 9.17) is 5.73 Å². The molecule has 1 aromatic rings. The minimum Gasteiger partial charge on any atom is -0.384 e. The van der Waals surface area contributed by atoms with Crippen LogP contribution in [0.25, 0.3) is 0 Å². The Morgan fingerprint density at radius 1 is 1.39 bits per heavy atom. The Kier molecular flexibility index (Phi) is 4.70. The second kappa shape index (κ2) is 5.85. The van der Waals surface area contributed by atoms with Gasteiger partial charge in [0.25, 0.3) is 0 Å². The number of carbonyl (C=O) groups excluding carboxylic acids is 1. The van der Waals surface area contributed by atoms with Crippen molar-refractivity contribution in [1.82, 2.24) is 4.98 Å². The summed E-state index contributed by atoms with van der Waals surface area (Å²) in [6, 6.07) is 3.51. The summed E-state index contributed by atoms with van der Waals surface area (Å²) < 4.78 is 0. The SMILES string of the molecule is CN(C(=O)CCCC(C)(C)C)c1ccc(N)nc1. The number of amides is 1. The van der Waals surface area contributed by atoms with Gasteiger partial charge in [0.05, 0.1) is 11.9 Å². The van der Waals surface area contributed by atoms with E-state index in [9.17, 15) is 4.79 Å². The molecular formula is C14H23N3O. The van der Waals surface area contributed by atoms with Crippen LogP contribution in [0.1, 0.15) is 40.0 Å². The van der Waals surface area contributed by atoms with Crippen molar-refractivity contribution in [2.75, 3.05) is 17.7 Å². The fraction of sp³-hybridized carbons (Fsp3) is 0.571. The van der Waals surface area contributed by atoms with Crippen molar-refractivity contribution in [2.24, 2.45) is 5.41 Å². The van der Waals surface area contributed by atoms with Crippen molar-refractivity contribution < 1.29 is 4.79 Å². The Balaban J connectivity index is 2.49. The highest BCUT2D eigenvalue weighted by Crippen LogP contribution is 2.22. The highest BCUT2D eigenvalue weighted by molar-refractivity contribution is 5.92. The monoisotopic (exact) mass is 249 g/mol. The van der Waals surface area contributed by atoms with Gasteiger partial charge in [0, 0.05) is 13.5 Å². The molecule has 0 aliphatic heterocycles. The predicted molar refractivity (Wildman–Crippen MR) is 75.4 cm³/mol. The van der Waals surface area contributed by atoms with Crippen molar-refractivity contribution in [2.45, 2.75) is 40.0 Å². The quantitative estimate of drug-likeness (QED) is 0.892. The van der Waals surface area contributed by atoms with Crippen LogP contribution in [0.2, 0.25) is 0 Å². The van der Waals surface area contributed by atoms with Gasteiger partial charge < -0.3 is 10.6 Å². The van der Waals surface area contributed by atoms with Gasteiger partial charge in [-0.05, 0) is 30.4 Å². The van der Waals surface area contributed by atoms with Gasteiger partial charge in [-0.1, -0.05) is 20.8 Å². The number of hydrogen-bond acceptors (Lipinski definition) is 3. The largest absolute Gasteiger partial charge is 0.384 e. The van der Waals surface area contributed by atoms with Crippen LogP contribution in [0.3, 0.4) is 0 Å². The van der Waals surface area contributed by atoms with E-state index in [2.05, 4.69) is 25.8 Å². The summed E-state index contributed by atoms with van der Waals surface area (Å²) >= 11 is 0. The fourth-order valence-corrected chi connectivity index (χ4v) is 1.68. The van der Waals surface area contributed by atoms with E-state index in [1.54, 1.807) is 24.2 Å². The first-order valence-corrected chi connectivity index (χ1v) is 6.28. The van der Waals surface area contributed by atoms with Crippen molar-refractivity contribution in [3.63, 3.8) is 0 Å². The summed E-state index contributed by atoms with van der Waals surface area (Å²) in [6.45, 7) is 6.56. The van der Waals surface area contributed by atoms with Crippen LogP contribution in [0.15, 0.2) is 18.3 Å². The van der Waals surface area contributed by atoms with Crippen LogP contribution in [0.4, 0.5) is 11.5 Å². The van der Waals surface area contributed by atoms with E-state index < -0.39 is 0 Å².